The third-order valence-electron chi connectivity index (χ3n) is 3.99. The first-order valence-electron chi connectivity index (χ1n) is 9.51. The molecule has 1 heterocycles. The zero-order valence-corrected chi connectivity index (χ0v) is 18.5. The van der Waals surface area contributed by atoms with E-state index in [9.17, 15) is 14.4 Å². The lowest BCUT2D eigenvalue weighted by atomic mass is 10.1. The monoisotopic (exact) mass is 456 g/mol. The van der Waals surface area contributed by atoms with Gasteiger partial charge in [0.1, 0.15) is 18.1 Å². The van der Waals surface area contributed by atoms with E-state index >= 15 is 0 Å². The fourth-order valence-corrected chi connectivity index (χ4v) is 2.47. The Morgan fingerprint density at radius 3 is 1.84 bits per heavy atom. The minimum absolute atomic E-state index is 0.190. The lowest BCUT2D eigenvalue weighted by molar-refractivity contribution is -0.139. The van der Waals surface area contributed by atoms with Crippen molar-refractivity contribution in [1.29, 1.82) is 0 Å². The summed E-state index contributed by atoms with van der Waals surface area (Å²) in [5.74, 6) is -2.34. The number of nitrogens with one attached hydrogen (secondary N) is 1. The van der Waals surface area contributed by atoms with Crippen LogP contribution in [0.5, 0.6) is 0 Å². The van der Waals surface area contributed by atoms with E-state index in [1.807, 2.05) is 44.3 Å². The van der Waals surface area contributed by atoms with Crippen molar-refractivity contribution >= 4 is 41.4 Å². The number of carbonyl (C=O) groups is 3. The number of carboxylic acids is 3. The summed E-state index contributed by atoms with van der Waals surface area (Å²) >= 11 is 3.65. The first kappa shape index (κ1) is 28.4. The van der Waals surface area contributed by atoms with Gasteiger partial charge in [-0.15, -0.1) is 0 Å². The Bertz CT molecular complexity index is 842. The van der Waals surface area contributed by atoms with Crippen LogP contribution >= 0.6 is 12.6 Å². The zero-order chi connectivity index (χ0) is 24.1. The van der Waals surface area contributed by atoms with Gasteiger partial charge in [-0.1, -0.05) is 32.0 Å². The largest absolute Gasteiger partial charge is 0.480 e. The number of fused-ring (bicyclic) bond motifs is 1. The molecular formula is C20H32N4O6S. The van der Waals surface area contributed by atoms with E-state index in [-0.39, 0.29) is 5.75 Å². The highest BCUT2D eigenvalue weighted by atomic mass is 32.1. The molecule has 3 atom stereocenters. The minimum Gasteiger partial charge on any atom is -0.480 e. The molecule has 0 aliphatic rings. The molecule has 0 saturated carbocycles. The van der Waals surface area contributed by atoms with Crippen LogP contribution in [0, 0.1) is 5.92 Å². The number of hydrogen-bond donors (Lipinski definition) is 8. The van der Waals surface area contributed by atoms with Crippen LogP contribution in [-0.2, 0) is 20.8 Å². The molecule has 31 heavy (non-hydrogen) atoms. The lowest BCUT2D eigenvalue weighted by Crippen LogP contribution is -2.32. The molecule has 0 aliphatic carbocycles. The summed E-state index contributed by atoms with van der Waals surface area (Å²) in [6, 6.07) is 5.41. The molecule has 3 unspecified atom stereocenters. The quantitative estimate of drug-likeness (QED) is 0.265. The van der Waals surface area contributed by atoms with E-state index in [4.69, 9.17) is 32.5 Å². The summed E-state index contributed by atoms with van der Waals surface area (Å²) in [5, 5.41) is 26.1. The molecule has 0 saturated heterocycles. The van der Waals surface area contributed by atoms with Crippen LogP contribution in [0.3, 0.4) is 0 Å². The van der Waals surface area contributed by atoms with Crippen LogP contribution in [0.15, 0.2) is 30.5 Å². The molecule has 0 bridgehead atoms. The van der Waals surface area contributed by atoms with Gasteiger partial charge in [-0.3, -0.25) is 14.4 Å². The van der Waals surface area contributed by atoms with Crippen LogP contribution in [-0.4, -0.2) is 62.1 Å². The van der Waals surface area contributed by atoms with E-state index in [2.05, 4.69) is 17.6 Å². The molecule has 0 spiro atoms. The summed E-state index contributed by atoms with van der Waals surface area (Å²) in [4.78, 5) is 33.6. The third-order valence-corrected chi connectivity index (χ3v) is 4.38. The lowest BCUT2D eigenvalue weighted by Gasteiger charge is -2.07. The maximum atomic E-state index is 10.6. The molecule has 1 aromatic heterocycles. The number of hydrogen-bond acceptors (Lipinski definition) is 7. The SMILES string of the molecule is CC(C)CC(N)C(=O)O.NC(CS)C(=O)O.NC(Cc1c[nH]c2ccccc12)C(=O)O. The summed E-state index contributed by atoms with van der Waals surface area (Å²) < 4.78 is 0. The van der Waals surface area contributed by atoms with Gasteiger partial charge in [0.15, 0.2) is 0 Å². The molecule has 0 radical (unpaired) electrons. The van der Waals surface area contributed by atoms with Crippen molar-refractivity contribution < 1.29 is 29.7 Å². The highest BCUT2D eigenvalue weighted by Gasteiger charge is 2.14. The molecule has 174 valence electrons. The fraction of sp³-hybridized carbons (Fsp3) is 0.450. The fourth-order valence-electron chi connectivity index (χ4n) is 2.31. The number of H-pyrrole nitrogens is 1. The van der Waals surface area contributed by atoms with Crippen LogP contribution in [0.1, 0.15) is 25.8 Å². The number of rotatable bonds is 8. The van der Waals surface area contributed by atoms with Gasteiger partial charge in [0.05, 0.1) is 0 Å². The minimum atomic E-state index is -1.00. The van der Waals surface area contributed by atoms with E-state index < -0.39 is 36.0 Å². The van der Waals surface area contributed by atoms with Gasteiger partial charge < -0.3 is 37.5 Å². The molecule has 2 rings (SSSR count). The first-order chi connectivity index (χ1) is 14.4. The maximum Gasteiger partial charge on any atom is 0.321 e. The number of para-hydroxylation sites is 1. The Balaban J connectivity index is 0.000000484. The predicted octanol–water partition coefficient (Wildman–Crippen LogP) is 0.895. The molecule has 10 nitrogen and oxygen atoms in total. The van der Waals surface area contributed by atoms with Crippen molar-refractivity contribution in [2.75, 3.05) is 5.75 Å². The molecule has 0 fully saturated rings. The van der Waals surface area contributed by atoms with Gasteiger partial charge in [0, 0.05) is 29.3 Å². The molecule has 0 amide bonds. The zero-order valence-electron chi connectivity index (χ0n) is 17.6. The molecule has 10 N–H and O–H groups in total. The number of aliphatic carboxylic acids is 3. The molecule has 2 aromatic rings. The third kappa shape index (κ3) is 11.4. The van der Waals surface area contributed by atoms with E-state index in [0.29, 0.717) is 18.8 Å². The number of benzene rings is 1. The Labute approximate surface area is 186 Å². The number of thiol groups is 1. The number of aromatic nitrogens is 1. The Morgan fingerprint density at radius 2 is 1.45 bits per heavy atom. The Morgan fingerprint density at radius 1 is 0.935 bits per heavy atom. The smallest absolute Gasteiger partial charge is 0.321 e. The van der Waals surface area contributed by atoms with Crippen molar-refractivity contribution in [2.45, 2.75) is 44.8 Å². The summed E-state index contributed by atoms with van der Waals surface area (Å²) in [5.41, 5.74) is 17.6. The van der Waals surface area contributed by atoms with Gasteiger partial charge in [-0.2, -0.15) is 12.6 Å². The average Bonchev–Trinajstić information content (AvgIpc) is 3.10. The van der Waals surface area contributed by atoms with Crippen LogP contribution < -0.4 is 17.2 Å². The van der Waals surface area contributed by atoms with E-state index in [0.717, 1.165) is 16.5 Å². The Hall–Kier alpha value is -2.60. The normalized spacial score (nSPS) is 13.3. The standard InChI is InChI=1S/C11H12N2O2.C6H13NO2.C3H7NO2S/c12-9(11(14)15)5-7-6-13-10-4-2-1-3-8(7)10;1-4(2)3-5(7)6(8)9;4-2(1-7)3(5)6/h1-4,6,9,13H,5,12H2,(H,14,15);4-5H,3,7H2,1-2H3,(H,8,9);2,7H,1,4H2,(H,5,6). The highest BCUT2D eigenvalue weighted by Crippen LogP contribution is 2.18. The molecule has 1 aromatic carbocycles. The maximum absolute atomic E-state index is 10.6. The van der Waals surface area contributed by atoms with Crippen molar-refractivity contribution in [3.63, 3.8) is 0 Å². The van der Waals surface area contributed by atoms with Gasteiger partial charge in [-0.05, 0) is 24.0 Å². The topological polar surface area (TPSA) is 206 Å². The van der Waals surface area contributed by atoms with Gasteiger partial charge in [-0.25, -0.2) is 0 Å². The second-order valence-corrected chi connectivity index (χ2v) is 7.58. The second-order valence-electron chi connectivity index (χ2n) is 7.21. The van der Waals surface area contributed by atoms with Crippen molar-refractivity contribution in [3.8, 4) is 0 Å². The van der Waals surface area contributed by atoms with E-state index in [1.54, 1.807) is 0 Å². The molecule has 11 heteroatoms. The number of aromatic amines is 1. The first-order valence-corrected chi connectivity index (χ1v) is 10.1. The van der Waals surface area contributed by atoms with Crippen molar-refractivity contribution in [2.24, 2.45) is 23.1 Å². The summed E-state index contributed by atoms with van der Waals surface area (Å²) in [6.45, 7) is 3.89. The van der Waals surface area contributed by atoms with Gasteiger partial charge in [0.2, 0.25) is 0 Å². The number of nitrogens with two attached hydrogens (primary N) is 3. The molecule has 0 aliphatic heterocycles. The highest BCUT2D eigenvalue weighted by molar-refractivity contribution is 7.80. The average molecular weight is 457 g/mol. The van der Waals surface area contributed by atoms with Crippen LogP contribution in [0.25, 0.3) is 10.9 Å². The summed E-state index contributed by atoms with van der Waals surface area (Å²) in [6.07, 6.45) is 2.71. The van der Waals surface area contributed by atoms with Crippen molar-refractivity contribution in [3.05, 3.63) is 36.0 Å². The Kier molecular flexibility index (Phi) is 13.2. The van der Waals surface area contributed by atoms with Gasteiger partial charge in [0.25, 0.3) is 0 Å². The predicted molar refractivity (Wildman–Crippen MR) is 122 cm³/mol. The van der Waals surface area contributed by atoms with Gasteiger partial charge >= 0.3 is 17.9 Å². The second kappa shape index (κ2) is 14.4. The van der Waals surface area contributed by atoms with E-state index in [1.165, 1.54) is 0 Å². The van der Waals surface area contributed by atoms with Crippen molar-refractivity contribution in [1.82, 2.24) is 4.98 Å². The number of carboxylic acid groups (broad SMARTS) is 3. The van der Waals surface area contributed by atoms with Crippen LogP contribution in [0.2, 0.25) is 0 Å². The molecular weight excluding hydrogens is 424 g/mol. The van der Waals surface area contributed by atoms with Crippen LogP contribution in [0.4, 0.5) is 0 Å². The summed E-state index contributed by atoms with van der Waals surface area (Å²) in [7, 11) is 0.